The molecule has 0 aliphatic rings. The largest absolute Gasteiger partial charge is 0.259 e. The van der Waals surface area contributed by atoms with Crippen LogP contribution in [0.5, 0.6) is 0 Å². The predicted molar refractivity (Wildman–Crippen MR) is 64.1 cm³/mol. The number of alkyl halides is 1. The molecule has 7 heteroatoms. The molecule has 0 amide bonds. The summed E-state index contributed by atoms with van der Waals surface area (Å²) in [5.41, 5.74) is 0. The Labute approximate surface area is 98.7 Å². The highest BCUT2D eigenvalue weighted by Gasteiger charge is 2.16. The van der Waals surface area contributed by atoms with E-state index in [4.69, 9.17) is 11.6 Å². The molecule has 0 radical (unpaired) electrons. The lowest BCUT2D eigenvalue weighted by atomic mass is 10.3. The fraction of sp³-hybridized carbons (Fsp3) is 0.625. The molecule has 1 unspecified atom stereocenters. The first-order valence-electron chi connectivity index (χ1n) is 4.42. The number of nitrogens with one attached hydrogen (secondary N) is 1. The lowest BCUT2D eigenvalue weighted by Crippen LogP contribution is -2.21. The van der Waals surface area contributed by atoms with E-state index in [2.05, 4.69) is 9.71 Å². The lowest BCUT2D eigenvalue weighted by Gasteiger charge is -2.08. The van der Waals surface area contributed by atoms with Crippen LogP contribution in [0.2, 0.25) is 0 Å². The molecule has 4 nitrogen and oxygen atoms in total. The van der Waals surface area contributed by atoms with Crippen molar-refractivity contribution in [1.29, 1.82) is 0 Å². The Balaban J connectivity index is 2.64. The number of anilines is 1. The molecule has 1 aromatic heterocycles. The summed E-state index contributed by atoms with van der Waals surface area (Å²) in [5, 5.41) is 0.411. The van der Waals surface area contributed by atoms with Gasteiger partial charge in [-0.05, 0) is 12.8 Å². The summed E-state index contributed by atoms with van der Waals surface area (Å²) in [5.74, 6) is 0.289. The summed E-state index contributed by atoms with van der Waals surface area (Å²) in [6.45, 7) is 3.66. The van der Waals surface area contributed by atoms with Crippen LogP contribution in [0.4, 0.5) is 5.13 Å². The third-order valence-corrected chi connectivity index (χ3v) is 4.63. The number of halogens is 1. The van der Waals surface area contributed by atoms with Gasteiger partial charge in [-0.15, -0.1) is 22.9 Å². The Hall–Kier alpha value is -0.330. The van der Waals surface area contributed by atoms with Crippen molar-refractivity contribution in [3.8, 4) is 0 Å². The van der Waals surface area contributed by atoms with Gasteiger partial charge in [0.25, 0.3) is 0 Å². The smallest absolute Gasteiger partial charge is 0.234 e. The molecule has 1 rings (SSSR count). The van der Waals surface area contributed by atoms with Gasteiger partial charge in [-0.2, -0.15) is 0 Å². The highest BCUT2D eigenvalue weighted by molar-refractivity contribution is 7.92. The number of hydrogen-bond acceptors (Lipinski definition) is 4. The molecule has 0 saturated carbocycles. The van der Waals surface area contributed by atoms with Crippen molar-refractivity contribution in [2.45, 2.75) is 13.8 Å². The molecule has 86 valence electrons. The molecule has 0 saturated heterocycles. The average molecular weight is 269 g/mol. The minimum Gasteiger partial charge on any atom is -0.259 e. The van der Waals surface area contributed by atoms with E-state index in [1.54, 1.807) is 13.1 Å². The van der Waals surface area contributed by atoms with E-state index < -0.39 is 10.0 Å². The Morgan fingerprint density at radius 1 is 1.67 bits per heavy atom. The fourth-order valence-corrected chi connectivity index (χ4v) is 3.57. The number of aromatic nitrogens is 1. The summed E-state index contributed by atoms with van der Waals surface area (Å²) < 4.78 is 25.6. The van der Waals surface area contributed by atoms with Crippen molar-refractivity contribution in [2.75, 3.05) is 16.4 Å². The Kier molecular flexibility index (Phi) is 4.36. The number of nitrogens with zero attached hydrogens (tertiary/aromatic N) is 1. The number of thiazole rings is 1. The minimum atomic E-state index is -3.32. The lowest BCUT2D eigenvalue weighted by molar-refractivity contribution is 0.588. The zero-order chi connectivity index (χ0) is 11.5. The number of aryl methyl sites for hydroxylation is 1. The molecule has 15 heavy (non-hydrogen) atoms. The van der Waals surface area contributed by atoms with E-state index in [-0.39, 0.29) is 11.7 Å². The molecule has 0 aliphatic carbocycles. The molecule has 1 N–H and O–H groups in total. The third kappa shape index (κ3) is 4.36. The van der Waals surface area contributed by atoms with Gasteiger partial charge in [0, 0.05) is 17.0 Å². The maximum absolute atomic E-state index is 11.6. The van der Waals surface area contributed by atoms with Gasteiger partial charge in [-0.1, -0.05) is 6.92 Å². The molecule has 0 aliphatic heterocycles. The SMILES string of the molecule is Cc1cnc(NS(=O)(=O)CC(C)CCl)s1. The highest BCUT2D eigenvalue weighted by Crippen LogP contribution is 2.18. The van der Waals surface area contributed by atoms with Gasteiger partial charge in [-0.25, -0.2) is 13.4 Å². The Morgan fingerprint density at radius 2 is 2.33 bits per heavy atom. The van der Waals surface area contributed by atoms with E-state index in [1.165, 1.54) is 11.3 Å². The zero-order valence-corrected chi connectivity index (χ0v) is 10.9. The van der Waals surface area contributed by atoms with Crippen LogP contribution >= 0.6 is 22.9 Å². The maximum atomic E-state index is 11.6. The van der Waals surface area contributed by atoms with Crippen molar-refractivity contribution in [1.82, 2.24) is 4.98 Å². The first kappa shape index (κ1) is 12.7. The van der Waals surface area contributed by atoms with Crippen molar-refractivity contribution >= 4 is 38.1 Å². The number of rotatable bonds is 5. The van der Waals surface area contributed by atoms with Crippen molar-refractivity contribution < 1.29 is 8.42 Å². The van der Waals surface area contributed by atoms with E-state index in [0.29, 0.717) is 11.0 Å². The third-order valence-electron chi connectivity index (χ3n) is 1.63. The second-order valence-corrected chi connectivity index (χ2v) is 6.73. The van der Waals surface area contributed by atoms with Crippen LogP contribution in [-0.4, -0.2) is 25.0 Å². The summed E-state index contributed by atoms with van der Waals surface area (Å²) in [6, 6.07) is 0. The van der Waals surface area contributed by atoms with Gasteiger partial charge in [0.2, 0.25) is 10.0 Å². The van der Waals surface area contributed by atoms with Gasteiger partial charge in [0.05, 0.1) is 5.75 Å². The van der Waals surface area contributed by atoms with Crippen LogP contribution in [0, 0.1) is 12.8 Å². The molecule has 1 atom stereocenters. The van der Waals surface area contributed by atoms with Crippen LogP contribution in [0.25, 0.3) is 0 Å². The number of sulfonamides is 1. The van der Waals surface area contributed by atoms with Gasteiger partial charge in [0.15, 0.2) is 5.13 Å². The van der Waals surface area contributed by atoms with E-state index >= 15 is 0 Å². The highest BCUT2D eigenvalue weighted by atomic mass is 35.5. The predicted octanol–water partition coefficient (Wildman–Crippen LogP) is 2.07. The van der Waals surface area contributed by atoms with Crippen LogP contribution < -0.4 is 4.72 Å². The van der Waals surface area contributed by atoms with Gasteiger partial charge in [0.1, 0.15) is 0 Å². The normalized spacial score (nSPS) is 13.8. The Bertz CT molecular complexity index is 416. The van der Waals surface area contributed by atoms with Crippen LogP contribution in [0.3, 0.4) is 0 Å². The monoisotopic (exact) mass is 268 g/mol. The molecule has 1 aromatic rings. The second-order valence-electron chi connectivity index (χ2n) is 3.42. The molecular weight excluding hydrogens is 256 g/mol. The van der Waals surface area contributed by atoms with Crippen LogP contribution in [0.15, 0.2) is 6.20 Å². The van der Waals surface area contributed by atoms with E-state index in [9.17, 15) is 8.42 Å². The quantitative estimate of drug-likeness (QED) is 0.832. The first-order valence-corrected chi connectivity index (χ1v) is 7.42. The fourth-order valence-electron chi connectivity index (χ4n) is 0.996. The standard InChI is InChI=1S/C8H13ClN2O2S2/c1-6(3-9)5-15(12,13)11-8-10-4-7(2)14-8/h4,6H,3,5H2,1-2H3,(H,10,11). The van der Waals surface area contributed by atoms with Crippen molar-refractivity contribution in [2.24, 2.45) is 5.92 Å². The van der Waals surface area contributed by atoms with Crippen molar-refractivity contribution in [3.63, 3.8) is 0 Å². The molecule has 0 bridgehead atoms. The van der Waals surface area contributed by atoms with E-state index in [1.807, 2.05) is 6.92 Å². The topological polar surface area (TPSA) is 59.1 Å². The van der Waals surface area contributed by atoms with Gasteiger partial charge >= 0.3 is 0 Å². The first-order chi connectivity index (χ1) is 6.93. The van der Waals surface area contributed by atoms with Crippen LogP contribution in [-0.2, 0) is 10.0 Å². The molecule has 1 heterocycles. The minimum absolute atomic E-state index is 0.0229. The van der Waals surface area contributed by atoms with Crippen LogP contribution in [0.1, 0.15) is 11.8 Å². The summed E-state index contributed by atoms with van der Waals surface area (Å²) in [6.07, 6.45) is 1.63. The zero-order valence-electron chi connectivity index (χ0n) is 8.53. The number of hydrogen-bond donors (Lipinski definition) is 1. The molecular formula is C8H13ClN2O2S2. The van der Waals surface area contributed by atoms with Gasteiger partial charge in [-0.3, -0.25) is 4.72 Å². The summed E-state index contributed by atoms with van der Waals surface area (Å²) >= 11 is 6.87. The molecule has 0 fully saturated rings. The van der Waals surface area contributed by atoms with Crippen molar-refractivity contribution in [3.05, 3.63) is 11.1 Å². The Morgan fingerprint density at radius 3 is 2.80 bits per heavy atom. The second kappa shape index (κ2) is 5.14. The maximum Gasteiger partial charge on any atom is 0.234 e. The van der Waals surface area contributed by atoms with Gasteiger partial charge < -0.3 is 0 Å². The average Bonchev–Trinajstić information content (AvgIpc) is 2.49. The molecule has 0 aromatic carbocycles. The molecule has 0 spiro atoms. The summed E-state index contributed by atoms with van der Waals surface area (Å²) in [7, 11) is -3.32. The summed E-state index contributed by atoms with van der Waals surface area (Å²) in [4.78, 5) is 4.90. The van der Waals surface area contributed by atoms with E-state index in [0.717, 1.165) is 4.88 Å².